The van der Waals surface area contributed by atoms with Gasteiger partial charge in [0.05, 0.1) is 12.2 Å². The quantitative estimate of drug-likeness (QED) is 0.270. The summed E-state index contributed by atoms with van der Waals surface area (Å²) in [6.45, 7) is 1.67. The van der Waals surface area contributed by atoms with Gasteiger partial charge < -0.3 is 9.64 Å². The van der Waals surface area contributed by atoms with Crippen LogP contribution in [0.4, 0.5) is 17.6 Å². The van der Waals surface area contributed by atoms with Crippen molar-refractivity contribution in [1.82, 2.24) is 9.88 Å². The van der Waals surface area contributed by atoms with Crippen LogP contribution in [0, 0.1) is 11.7 Å². The van der Waals surface area contributed by atoms with Gasteiger partial charge in [0.1, 0.15) is 11.9 Å². The molecule has 0 saturated carbocycles. The van der Waals surface area contributed by atoms with Crippen molar-refractivity contribution >= 4 is 55.3 Å². The minimum Gasteiger partial charge on any atom is -0.463 e. The summed E-state index contributed by atoms with van der Waals surface area (Å²) in [6, 6.07) is 2.95. The van der Waals surface area contributed by atoms with Crippen LogP contribution in [0.3, 0.4) is 0 Å². The number of aromatic nitrogens is 1. The number of allylic oxidation sites excluding steroid dienone is 1. The fraction of sp³-hybridized carbons (Fsp3) is 0.333. The van der Waals surface area contributed by atoms with Crippen LogP contribution in [0.1, 0.15) is 30.0 Å². The van der Waals surface area contributed by atoms with Gasteiger partial charge in [0.25, 0.3) is 0 Å². The Bertz CT molecular complexity index is 1370. The van der Waals surface area contributed by atoms with Crippen LogP contribution in [-0.2, 0) is 19.6 Å². The molecule has 0 spiro atoms. The van der Waals surface area contributed by atoms with Crippen molar-refractivity contribution in [2.45, 2.75) is 24.9 Å². The van der Waals surface area contributed by atoms with Gasteiger partial charge in [-0.25, -0.2) is 14.2 Å². The molecule has 0 radical (unpaired) electrons. The second-order valence-corrected chi connectivity index (χ2v) is 11.1. The van der Waals surface area contributed by atoms with Gasteiger partial charge in [-0.3, -0.25) is 4.99 Å². The van der Waals surface area contributed by atoms with Crippen molar-refractivity contribution in [2.24, 2.45) is 15.3 Å². The lowest BCUT2D eigenvalue weighted by Gasteiger charge is -2.31. The second-order valence-electron chi connectivity index (χ2n) is 7.69. The highest BCUT2D eigenvalue weighted by Gasteiger charge is 2.46. The van der Waals surface area contributed by atoms with E-state index in [1.807, 2.05) is 0 Å². The van der Waals surface area contributed by atoms with Crippen LogP contribution in [0.15, 0.2) is 54.9 Å². The number of ether oxygens (including phenoxy) is 1. The fourth-order valence-electron chi connectivity index (χ4n) is 3.87. The first-order chi connectivity index (χ1) is 16.9. The molecule has 192 valence electrons. The minimum absolute atomic E-state index is 0.00480. The van der Waals surface area contributed by atoms with E-state index in [2.05, 4.69) is 25.3 Å². The summed E-state index contributed by atoms with van der Waals surface area (Å²) in [5.74, 6) is -1.67. The van der Waals surface area contributed by atoms with Gasteiger partial charge in [-0.1, -0.05) is 22.0 Å². The number of sulfonamides is 1. The second kappa shape index (κ2) is 10.0. The molecule has 1 unspecified atom stereocenters. The van der Waals surface area contributed by atoms with Crippen molar-refractivity contribution < 1.29 is 35.5 Å². The molecule has 0 bridgehead atoms. The summed E-state index contributed by atoms with van der Waals surface area (Å²) in [7, 11) is -5.72. The average molecular weight is 609 g/mol. The molecule has 0 N–H and O–H groups in total. The molecule has 0 aliphatic carbocycles. The maximum atomic E-state index is 13.8. The molecular formula is C21H17BrF4N4O4S2. The third kappa shape index (κ3) is 5.09. The predicted octanol–water partition coefficient (Wildman–Crippen LogP) is 4.61. The molecule has 1 fully saturated rings. The molecule has 3 heterocycles. The van der Waals surface area contributed by atoms with Crippen molar-refractivity contribution in [2.75, 3.05) is 13.2 Å². The topological polar surface area (TPSA) is 101 Å². The Kier molecular flexibility index (Phi) is 7.35. The predicted molar refractivity (Wildman–Crippen MR) is 127 cm³/mol. The van der Waals surface area contributed by atoms with Gasteiger partial charge in [-0.15, -0.1) is 11.3 Å². The van der Waals surface area contributed by atoms with Gasteiger partial charge in [0.15, 0.2) is 10.8 Å². The Morgan fingerprint density at radius 1 is 1.39 bits per heavy atom. The maximum absolute atomic E-state index is 13.8. The first-order valence-corrected chi connectivity index (χ1v) is 13.5. The molecule has 8 nitrogen and oxygen atoms in total. The van der Waals surface area contributed by atoms with Crippen LogP contribution >= 0.6 is 27.3 Å². The van der Waals surface area contributed by atoms with Crippen LogP contribution in [-0.4, -0.2) is 55.0 Å². The minimum atomic E-state index is -5.72. The number of fused-ring (bicyclic) bond motifs is 1. The van der Waals surface area contributed by atoms with Crippen molar-refractivity contribution in [3.63, 3.8) is 0 Å². The Balaban J connectivity index is 1.85. The average Bonchev–Trinajstić information content (AvgIpc) is 3.46. The molecule has 36 heavy (non-hydrogen) atoms. The zero-order valence-electron chi connectivity index (χ0n) is 18.4. The SMILES string of the molecule is CCOC(=O)C1=C2CC(/C=N\S(=O)(=O)C(F)(F)F)CN2C(c2nccs2)=N[C@H]1c1ccc(F)cc1Br. The summed E-state index contributed by atoms with van der Waals surface area (Å²) < 4.78 is 83.4. The molecule has 1 aromatic heterocycles. The molecule has 2 aliphatic rings. The van der Waals surface area contributed by atoms with Crippen molar-refractivity contribution in [1.29, 1.82) is 0 Å². The van der Waals surface area contributed by atoms with Crippen LogP contribution in [0.2, 0.25) is 0 Å². The number of thiazole rings is 1. The lowest BCUT2D eigenvalue weighted by molar-refractivity contribution is -0.139. The van der Waals surface area contributed by atoms with E-state index in [1.165, 1.54) is 29.5 Å². The summed E-state index contributed by atoms with van der Waals surface area (Å²) in [6.07, 6.45) is 2.25. The third-order valence-electron chi connectivity index (χ3n) is 5.37. The number of esters is 1. The van der Waals surface area contributed by atoms with E-state index >= 15 is 0 Å². The molecule has 2 aliphatic heterocycles. The van der Waals surface area contributed by atoms with Crippen LogP contribution in [0.5, 0.6) is 0 Å². The smallest absolute Gasteiger partial charge is 0.463 e. The molecular weight excluding hydrogens is 592 g/mol. The Hall–Kier alpha value is -2.65. The highest BCUT2D eigenvalue weighted by Crippen LogP contribution is 2.43. The number of amidine groups is 1. The van der Waals surface area contributed by atoms with E-state index in [1.54, 1.807) is 23.4 Å². The summed E-state index contributed by atoms with van der Waals surface area (Å²) >= 11 is 4.56. The molecule has 4 rings (SSSR count). The van der Waals surface area contributed by atoms with E-state index in [0.29, 0.717) is 26.6 Å². The van der Waals surface area contributed by atoms with Crippen molar-refractivity contribution in [3.05, 3.63) is 61.9 Å². The number of aliphatic imine (C=N–C) groups is 1. The standard InChI is InChI=1S/C21H17BrF4N4O4S2/c1-2-34-20(31)16-15-7-11(9-28-36(32,33)21(24,25)26)10-30(15)18(19-27-5-6-35-19)29-17(16)13-4-3-12(23)8-14(13)22/h3-6,8-9,11,17H,2,7,10H2,1H3/b28-9-/t11?,17-/m0/s1. The molecule has 2 aromatic rings. The van der Waals surface area contributed by atoms with Gasteiger partial charge >= 0.3 is 21.5 Å². The van der Waals surface area contributed by atoms with E-state index in [4.69, 9.17) is 9.73 Å². The number of benzene rings is 1. The number of hydrogen-bond acceptors (Lipinski definition) is 8. The number of carbonyl (C=O) groups is 1. The fourth-order valence-corrected chi connectivity index (χ4v) is 5.53. The van der Waals surface area contributed by atoms with Crippen LogP contribution in [0.25, 0.3) is 0 Å². The maximum Gasteiger partial charge on any atom is 0.518 e. The van der Waals surface area contributed by atoms with E-state index in [9.17, 15) is 30.8 Å². The normalized spacial score (nSPS) is 20.6. The highest BCUT2D eigenvalue weighted by atomic mass is 79.9. The highest BCUT2D eigenvalue weighted by molar-refractivity contribution is 9.10. The van der Waals surface area contributed by atoms with Gasteiger partial charge in [-0.05, 0) is 31.0 Å². The van der Waals surface area contributed by atoms with Gasteiger partial charge in [-0.2, -0.15) is 26.0 Å². The number of alkyl halides is 3. The number of rotatable bonds is 6. The van der Waals surface area contributed by atoms with Gasteiger partial charge in [0, 0.05) is 40.4 Å². The van der Waals surface area contributed by atoms with Gasteiger partial charge in [0.2, 0.25) is 0 Å². The monoisotopic (exact) mass is 608 g/mol. The molecule has 0 amide bonds. The van der Waals surface area contributed by atoms with E-state index in [0.717, 1.165) is 6.21 Å². The lowest BCUT2D eigenvalue weighted by Crippen LogP contribution is -2.35. The largest absolute Gasteiger partial charge is 0.518 e. The van der Waals surface area contributed by atoms with Crippen molar-refractivity contribution in [3.8, 4) is 0 Å². The number of halogens is 5. The number of carbonyl (C=O) groups excluding carboxylic acids is 1. The summed E-state index contributed by atoms with van der Waals surface area (Å²) in [5, 5.41) is 2.18. The Morgan fingerprint density at radius 3 is 2.75 bits per heavy atom. The molecule has 1 aromatic carbocycles. The number of hydrogen-bond donors (Lipinski definition) is 0. The first-order valence-electron chi connectivity index (χ1n) is 10.4. The van der Waals surface area contributed by atoms with E-state index in [-0.39, 0.29) is 25.1 Å². The zero-order chi connectivity index (χ0) is 26.3. The lowest BCUT2D eigenvalue weighted by atomic mass is 9.94. The van der Waals surface area contributed by atoms with Crippen LogP contribution < -0.4 is 0 Å². The molecule has 2 atom stereocenters. The zero-order valence-corrected chi connectivity index (χ0v) is 21.6. The van der Waals surface area contributed by atoms with E-state index < -0.39 is 39.3 Å². The Morgan fingerprint density at radius 2 is 2.14 bits per heavy atom. The summed E-state index contributed by atoms with van der Waals surface area (Å²) in [4.78, 5) is 23.7. The third-order valence-corrected chi connectivity index (χ3v) is 7.81. The molecule has 1 saturated heterocycles. The first kappa shape index (κ1) is 26.4. The Labute approximate surface area is 215 Å². The molecule has 15 heteroatoms. The summed E-state index contributed by atoms with van der Waals surface area (Å²) in [5.41, 5.74) is -4.58. The number of nitrogens with zero attached hydrogens (tertiary/aromatic N) is 4.